The predicted octanol–water partition coefficient (Wildman–Crippen LogP) is 3.24. The van der Waals surface area contributed by atoms with E-state index in [1.807, 2.05) is 0 Å². The summed E-state index contributed by atoms with van der Waals surface area (Å²) in [5, 5.41) is 13.6. The van der Waals surface area contributed by atoms with E-state index < -0.39 is 0 Å². The van der Waals surface area contributed by atoms with Crippen LogP contribution in [0.4, 0.5) is 5.95 Å². The summed E-state index contributed by atoms with van der Waals surface area (Å²) >= 11 is 0. The Balaban J connectivity index is 1.78. The standard InChI is InChI=1S/C19H30N4O/c1-13(20)16-12-21-18(23-19(2)8-5-9-19)22-17(16)11-14-6-3-4-7-15(24)10-14/h12,14-15,24H,1,3-11,20H2,2H3,(H,21,22,23)/t14-,15+/m1/s1. The molecule has 0 amide bonds. The number of aliphatic hydroxyl groups excluding tert-OH is 1. The lowest BCUT2D eigenvalue weighted by atomic mass is 9.79. The molecule has 4 N–H and O–H groups in total. The van der Waals surface area contributed by atoms with Crippen molar-refractivity contribution in [3.8, 4) is 0 Å². The number of aliphatic hydroxyl groups is 1. The first kappa shape index (κ1) is 17.2. The van der Waals surface area contributed by atoms with E-state index in [4.69, 9.17) is 10.7 Å². The fourth-order valence-electron chi connectivity index (χ4n) is 3.90. The second-order valence-electron chi connectivity index (χ2n) is 7.86. The van der Waals surface area contributed by atoms with Gasteiger partial charge >= 0.3 is 0 Å². The number of hydrogen-bond donors (Lipinski definition) is 3. The Bertz CT molecular complexity index is 597. The van der Waals surface area contributed by atoms with Crippen LogP contribution in [0.5, 0.6) is 0 Å². The third-order valence-corrected chi connectivity index (χ3v) is 5.57. The minimum absolute atomic E-state index is 0.122. The maximum atomic E-state index is 10.1. The molecule has 0 saturated heterocycles. The van der Waals surface area contributed by atoms with Crippen LogP contribution in [0.1, 0.15) is 69.5 Å². The molecular weight excluding hydrogens is 300 g/mol. The molecule has 5 nitrogen and oxygen atoms in total. The van der Waals surface area contributed by atoms with Gasteiger partial charge in [0, 0.05) is 23.0 Å². The van der Waals surface area contributed by atoms with Crippen molar-refractivity contribution in [1.82, 2.24) is 9.97 Å². The van der Waals surface area contributed by atoms with Crippen molar-refractivity contribution in [3.05, 3.63) is 24.0 Å². The largest absolute Gasteiger partial charge is 0.399 e. The maximum Gasteiger partial charge on any atom is 0.223 e. The molecule has 2 atom stereocenters. The zero-order chi connectivity index (χ0) is 17.2. The second kappa shape index (κ2) is 7.09. The van der Waals surface area contributed by atoms with E-state index in [1.54, 1.807) is 6.20 Å². The molecule has 2 fully saturated rings. The molecule has 1 aromatic heterocycles. The maximum absolute atomic E-state index is 10.1. The Hall–Kier alpha value is -1.62. The molecule has 0 aromatic carbocycles. The van der Waals surface area contributed by atoms with E-state index >= 15 is 0 Å². The van der Waals surface area contributed by atoms with Crippen molar-refractivity contribution in [2.75, 3.05) is 5.32 Å². The Morgan fingerprint density at radius 1 is 1.38 bits per heavy atom. The third kappa shape index (κ3) is 4.07. The van der Waals surface area contributed by atoms with Crippen molar-refractivity contribution < 1.29 is 5.11 Å². The predicted molar refractivity (Wildman–Crippen MR) is 97.4 cm³/mol. The smallest absolute Gasteiger partial charge is 0.223 e. The van der Waals surface area contributed by atoms with Gasteiger partial charge in [-0.15, -0.1) is 0 Å². The number of hydrogen-bond acceptors (Lipinski definition) is 5. The number of rotatable bonds is 5. The first-order valence-corrected chi connectivity index (χ1v) is 9.22. The van der Waals surface area contributed by atoms with Gasteiger partial charge in [0.1, 0.15) is 0 Å². The number of anilines is 1. The van der Waals surface area contributed by atoms with Crippen LogP contribution >= 0.6 is 0 Å². The Labute approximate surface area is 144 Å². The second-order valence-corrected chi connectivity index (χ2v) is 7.86. The van der Waals surface area contributed by atoms with E-state index in [0.29, 0.717) is 17.6 Å². The normalized spacial score (nSPS) is 26.2. The summed E-state index contributed by atoms with van der Waals surface area (Å²) in [5.41, 5.74) is 8.39. The van der Waals surface area contributed by atoms with Crippen LogP contribution in [-0.2, 0) is 6.42 Å². The highest BCUT2D eigenvalue weighted by atomic mass is 16.3. The van der Waals surface area contributed by atoms with Crippen molar-refractivity contribution in [3.63, 3.8) is 0 Å². The average Bonchev–Trinajstić information content (AvgIpc) is 2.69. The Morgan fingerprint density at radius 2 is 2.12 bits per heavy atom. The summed E-state index contributed by atoms with van der Waals surface area (Å²) in [6.45, 7) is 6.09. The quantitative estimate of drug-likeness (QED) is 0.722. The number of aromatic nitrogens is 2. The van der Waals surface area contributed by atoms with E-state index in [1.165, 1.54) is 12.8 Å². The lowest BCUT2D eigenvalue weighted by molar-refractivity contribution is 0.141. The molecule has 0 bridgehead atoms. The highest BCUT2D eigenvalue weighted by Crippen LogP contribution is 2.34. The van der Waals surface area contributed by atoms with Crippen LogP contribution in [0.15, 0.2) is 12.8 Å². The summed E-state index contributed by atoms with van der Waals surface area (Å²) in [4.78, 5) is 9.21. The SMILES string of the molecule is C=C(N)c1cnc(NC2(C)CCC2)nc1C[C@@H]1CCCC[C@H](O)C1. The van der Waals surface area contributed by atoms with Crippen molar-refractivity contribution >= 4 is 11.6 Å². The van der Waals surface area contributed by atoms with Crippen LogP contribution in [0.2, 0.25) is 0 Å². The monoisotopic (exact) mass is 330 g/mol. The van der Waals surface area contributed by atoms with Gasteiger partial charge in [0.2, 0.25) is 5.95 Å². The molecule has 0 aliphatic heterocycles. The first-order chi connectivity index (χ1) is 11.5. The summed E-state index contributed by atoms with van der Waals surface area (Å²) in [6.07, 6.45) is 11.2. The summed E-state index contributed by atoms with van der Waals surface area (Å²) in [6, 6.07) is 0. The van der Waals surface area contributed by atoms with Gasteiger partial charge < -0.3 is 16.2 Å². The van der Waals surface area contributed by atoms with Crippen LogP contribution in [0.25, 0.3) is 5.70 Å². The highest BCUT2D eigenvalue weighted by molar-refractivity contribution is 5.62. The van der Waals surface area contributed by atoms with E-state index in [0.717, 1.165) is 56.2 Å². The van der Waals surface area contributed by atoms with Gasteiger partial charge in [-0.1, -0.05) is 19.4 Å². The van der Waals surface area contributed by atoms with Gasteiger partial charge in [0.25, 0.3) is 0 Å². The fourth-order valence-corrected chi connectivity index (χ4v) is 3.90. The van der Waals surface area contributed by atoms with Gasteiger partial charge in [-0.3, -0.25) is 0 Å². The zero-order valence-electron chi connectivity index (χ0n) is 14.7. The zero-order valence-corrected chi connectivity index (χ0v) is 14.7. The van der Waals surface area contributed by atoms with E-state index in [2.05, 4.69) is 23.8 Å². The van der Waals surface area contributed by atoms with Crippen molar-refractivity contribution in [2.24, 2.45) is 11.7 Å². The molecule has 0 spiro atoms. The van der Waals surface area contributed by atoms with Gasteiger partial charge in [0.05, 0.1) is 11.8 Å². The lowest BCUT2D eigenvalue weighted by Crippen LogP contribution is -2.42. The molecule has 0 radical (unpaired) electrons. The molecule has 132 valence electrons. The lowest BCUT2D eigenvalue weighted by Gasteiger charge is -2.39. The van der Waals surface area contributed by atoms with Crippen LogP contribution in [-0.4, -0.2) is 26.7 Å². The minimum atomic E-state index is -0.185. The molecule has 1 heterocycles. The molecular formula is C19H30N4O. The van der Waals surface area contributed by atoms with Crippen molar-refractivity contribution in [2.45, 2.75) is 76.4 Å². The Morgan fingerprint density at radius 3 is 2.79 bits per heavy atom. The molecule has 5 heteroatoms. The van der Waals surface area contributed by atoms with E-state index in [9.17, 15) is 5.11 Å². The van der Waals surface area contributed by atoms with Crippen LogP contribution in [0, 0.1) is 5.92 Å². The summed E-state index contributed by atoms with van der Waals surface area (Å²) in [5.74, 6) is 1.13. The van der Waals surface area contributed by atoms with Crippen LogP contribution < -0.4 is 11.1 Å². The van der Waals surface area contributed by atoms with Gasteiger partial charge in [-0.25, -0.2) is 9.97 Å². The summed E-state index contributed by atoms with van der Waals surface area (Å²) < 4.78 is 0. The fraction of sp³-hybridized carbons (Fsp3) is 0.684. The van der Waals surface area contributed by atoms with Crippen molar-refractivity contribution in [1.29, 1.82) is 0 Å². The number of nitrogens with zero attached hydrogens (tertiary/aromatic N) is 2. The number of nitrogens with one attached hydrogen (secondary N) is 1. The summed E-state index contributed by atoms with van der Waals surface area (Å²) in [7, 11) is 0. The third-order valence-electron chi connectivity index (χ3n) is 5.57. The topological polar surface area (TPSA) is 84.1 Å². The molecule has 1 aromatic rings. The number of nitrogens with two attached hydrogens (primary N) is 1. The molecule has 3 rings (SSSR count). The first-order valence-electron chi connectivity index (χ1n) is 9.22. The van der Waals surface area contributed by atoms with Gasteiger partial charge in [-0.2, -0.15) is 0 Å². The van der Waals surface area contributed by atoms with Gasteiger partial charge in [-0.05, 0) is 57.8 Å². The average molecular weight is 330 g/mol. The highest BCUT2D eigenvalue weighted by Gasteiger charge is 2.32. The molecule has 0 unspecified atom stereocenters. The van der Waals surface area contributed by atoms with E-state index in [-0.39, 0.29) is 11.6 Å². The molecule has 2 saturated carbocycles. The molecule has 2 aliphatic rings. The van der Waals surface area contributed by atoms with Crippen LogP contribution in [0.3, 0.4) is 0 Å². The Kier molecular flexibility index (Phi) is 5.09. The molecule has 24 heavy (non-hydrogen) atoms. The van der Waals surface area contributed by atoms with Gasteiger partial charge in [0.15, 0.2) is 0 Å². The molecule has 2 aliphatic carbocycles. The minimum Gasteiger partial charge on any atom is -0.399 e.